The largest absolute Gasteiger partial charge is 0.354 e. The number of rotatable bonds is 10. The predicted molar refractivity (Wildman–Crippen MR) is 148 cm³/mol. The van der Waals surface area contributed by atoms with Gasteiger partial charge in [-0.25, -0.2) is 0 Å². The van der Waals surface area contributed by atoms with Crippen LogP contribution in [-0.4, -0.2) is 29.3 Å². The Kier molecular flexibility index (Phi) is 9.98. The van der Waals surface area contributed by atoms with Gasteiger partial charge in [-0.3, -0.25) is 9.59 Å². The molecule has 0 unspecified atom stereocenters. The van der Waals surface area contributed by atoms with Crippen LogP contribution in [-0.2, 0) is 29.0 Å². The van der Waals surface area contributed by atoms with Crippen molar-refractivity contribution in [1.82, 2.24) is 10.2 Å². The average Bonchev–Trinajstić information content (AvgIpc) is 2.84. The van der Waals surface area contributed by atoms with Gasteiger partial charge in [0.05, 0.1) is 6.42 Å². The summed E-state index contributed by atoms with van der Waals surface area (Å²) >= 11 is 12.6. The predicted octanol–water partition coefficient (Wildman–Crippen LogP) is 6.57. The highest BCUT2D eigenvalue weighted by Gasteiger charge is 2.31. The number of nitrogens with one attached hydrogen (secondary N) is 1. The normalized spacial score (nSPS) is 11.9. The van der Waals surface area contributed by atoms with Crippen LogP contribution in [0.5, 0.6) is 0 Å². The van der Waals surface area contributed by atoms with Gasteiger partial charge in [-0.1, -0.05) is 91.6 Å². The number of nitrogens with zero attached hydrogens (tertiary/aromatic N) is 1. The molecule has 2 amide bonds. The minimum Gasteiger partial charge on any atom is -0.354 e. The molecule has 0 spiro atoms. The number of aryl methyl sites for hydroxylation is 2. The molecule has 0 saturated carbocycles. The van der Waals surface area contributed by atoms with Crippen molar-refractivity contribution in [2.75, 3.05) is 6.54 Å². The van der Waals surface area contributed by atoms with E-state index in [9.17, 15) is 9.59 Å². The zero-order valence-corrected chi connectivity index (χ0v) is 22.9. The lowest BCUT2D eigenvalue weighted by atomic mass is 10.00. The third-order valence-corrected chi connectivity index (χ3v) is 6.83. The van der Waals surface area contributed by atoms with Crippen LogP contribution in [0.1, 0.15) is 41.7 Å². The van der Waals surface area contributed by atoms with Gasteiger partial charge >= 0.3 is 0 Å². The number of hydrogen-bond donors (Lipinski definition) is 1. The molecule has 0 aliphatic carbocycles. The molecule has 0 fully saturated rings. The van der Waals surface area contributed by atoms with Crippen molar-refractivity contribution >= 4 is 35.0 Å². The minimum atomic E-state index is -0.697. The fraction of sp³-hybridized carbons (Fsp3) is 0.333. The maximum Gasteiger partial charge on any atom is 0.243 e. The number of halogens is 2. The van der Waals surface area contributed by atoms with Gasteiger partial charge < -0.3 is 10.2 Å². The fourth-order valence-electron chi connectivity index (χ4n) is 4.00. The molecule has 0 aromatic heterocycles. The Hall–Kier alpha value is -2.82. The summed E-state index contributed by atoms with van der Waals surface area (Å²) in [6.07, 6.45) is 0.587. The van der Waals surface area contributed by atoms with Crippen LogP contribution in [0.15, 0.2) is 66.7 Å². The second-order valence-electron chi connectivity index (χ2n) is 9.70. The van der Waals surface area contributed by atoms with Crippen molar-refractivity contribution < 1.29 is 9.59 Å². The highest BCUT2D eigenvalue weighted by atomic mass is 35.5. The van der Waals surface area contributed by atoms with Gasteiger partial charge in [-0.2, -0.15) is 0 Å². The van der Waals surface area contributed by atoms with E-state index < -0.39 is 6.04 Å². The van der Waals surface area contributed by atoms with Crippen molar-refractivity contribution in [2.24, 2.45) is 5.92 Å². The molecule has 3 aromatic rings. The van der Waals surface area contributed by atoms with E-state index in [2.05, 4.69) is 5.32 Å². The first kappa shape index (κ1) is 27.8. The summed E-state index contributed by atoms with van der Waals surface area (Å²) in [5, 5.41) is 4.03. The van der Waals surface area contributed by atoms with E-state index in [0.717, 1.165) is 22.3 Å². The standard InChI is InChI=1S/C30H34Cl2N2O2/c1-20(2)18-33-30(36)28(15-23-8-6-5-7-9-23)34(19-25-12-13-26(31)17-27(25)32)29(35)16-24-11-10-21(3)22(4)14-24/h5-14,17,20,28H,15-16,18-19H2,1-4H3,(H,33,36)/t28-/m1/s1. The summed E-state index contributed by atoms with van der Waals surface area (Å²) in [5.74, 6) is -0.0207. The van der Waals surface area contributed by atoms with Gasteiger partial charge in [-0.15, -0.1) is 0 Å². The first-order valence-electron chi connectivity index (χ1n) is 12.2. The van der Waals surface area contributed by atoms with E-state index in [0.29, 0.717) is 23.0 Å². The molecule has 190 valence electrons. The van der Waals surface area contributed by atoms with E-state index in [1.165, 1.54) is 5.56 Å². The van der Waals surface area contributed by atoms with Crippen molar-refractivity contribution in [3.8, 4) is 0 Å². The molecule has 3 rings (SSSR count). The monoisotopic (exact) mass is 524 g/mol. The van der Waals surface area contributed by atoms with Crippen molar-refractivity contribution in [1.29, 1.82) is 0 Å². The molecular weight excluding hydrogens is 491 g/mol. The summed E-state index contributed by atoms with van der Waals surface area (Å²) in [5.41, 5.74) is 4.93. The number of carbonyl (C=O) groups is 2. The third-order valence-electron chi connectivity index (χ3n) is 6.24. The number of hydrogen-bond acceptors (Lipinski definition) is 2. The first-order chi connectivity index (χ1) is 17.1. The van der Waals surface area contributed by atoms with Gasteiger partial charge in [0, 0.05) is 29.6 Å². The van der Waals surface area contributed by atoms with Crippen LogP contribution < -0.4 is 5.32 Å². The number of carbonyl (C=O) groups excluding carboxylic acids is 2. The topological polar surface area (TPSA) is 49.4 Å². The Morgan fingerprint density at radius 3 is 2.25 bits per heavy atom. The number of benzene rings is 3. The molecule has 0 saturated heterocycles. The van der Waals surface area contributed by atoms with Crippen LogP contribution in [0.4, 0.5) is 0 Å². The summed E-state index contributed by atoms with van der Waals surface area (Å²) in [4.78, 5) is 29.0. The van der Waals surface area contributed by atoms with Gasteiger partial charge in [0.25, 0.3) is 0 Å². The Bertz CT molecular complexity index is 1190. The lowest BCUT2D eigenvalue weighted by molar-refractivity contribution is -0.140. The Labute approximate surface area is 224 Å². The van der Waals surface area contributed by atoms with E-state index in [-0.39, 0.29) is 30.7 Å². The molecular formula is C30H34Cl2N2O2. The molecule has 4 nitrogen and oxygen atoms in total. The quantitative estimate of drug-likeness (QED) is 0.326. The van der Waals surface area contributed by atoms with E-state index in [4.69, 9.17) is 23.2 Å². The molecule has 0 aliphatic heterocycles. The van der Waals surface area contributed by atoms with Crippen molar-refractivity contribution in [2.45, 2.75) is 53.1 Å². The van der Waals surface area contributed by atoms with E-state index in [1.807, 2.05) is 82.3 Å². The summed E-state index contributed by atoms with van der Waals surface area (Å²) in [7, 11) is 0. The first-order valence-corrected chi connectivity index (χ1v) is 13.0. The molecule has 3 aromatic carbocycles. The summed E-state index contributed by atoms with van der Waals surface area (Å²) in [6, 6.07) is 20.3. The van der Waals surface area contributed by atoms with Crippen molar-refractivity contribution in [3.63, 3.8) is 0 Å². The average molecular weight is 526 g/mol. The Morgan fingerprint density at radius 1 is 0.889 bits per heavy atom. The van der Waals surface area contributed by atoms with Crippen LogP contribution in [0.25, 0.3) is 0 Å². The molecule has 1 atom stereocenters. The minimum absolute atomic E-state index is 0.134. The molecule has 0 heterocycles. The Balaban J connectivity index is 1.99. The SMILES string of the molecule is Cc1ccc(CC(=O)N(Cc2ccc(Cl)cc2Cl)[C@H](Cc2ccccc2)C(=O)NCC(C)C)cc1C. The van der Waals surface area contributed by atoms with Crippen LogP contribution in [0.3, 0.4) is 0 Å². The summed E-state index contributed by atoms with van der Waals surface area (Å²) in [6.45, 7) is 8.90. The van der Waals surface area contributed by atoms with Gasteiger partial charge in [0.1, 0.15) is 6.04 Å². The van der Waals surface area contributed by atoms with Crippen LogP contribution in [0, 0.1) is 19.8 Å². The maximum absolute atomic E-state index is 13.8. The lowest BCUT2D eigenvalue weighted by Gasteiger charge is -2.32. The molecule has 1 N–H and O–H groups in total. The molecule has 0 aliphatic rings. The Morgan fingerprint density at radius 2 is 1.61 bits per heavy atom. The lowest BCUT2D eigenvalue weighted by Crippen LogP contribution is -2.51. The zero-order chi connectivity index (χ0) is 26.2. The summed E-state index contributed by atoms with van der Waals surface area (Å²) < 4.78 is 0. The molecule has 0 radical (unpaired) electrons. The maximum atomic E-state index is 13.8. The van der Waals surface area contributed by atoms with Gasteiger partial charge in [-0.05, 0) is 59.7 Å². The van der Waals surface area contributed by atoms with Crippen LogP contribution in [0.2, 0.25) is 10.0 Å². The smallest absolute Gasteiger partial charge is 0.243 e. The third kappa shape index (κ3) is 7.84. The van der Waals surface area contributed by atoms with Gasteiger partial charge in [0.15, 0.2) is 0 Å². The van der Waals surface area contributed by atoms with Crippen LogP contribution >= 0.6 is 23.2 Å². The highest BCUT2D eigenvalue weighted by molar-refractivity contribution is 6.35. The van der Waals surface area contributed by atoms with E-state index in [1.54, 1.807) is 17.0 Å². The van der Waals surface area contributed by atoms with E-state index >= 15 is 0 Å². The fourth-order valence-corrected chi connectivity index (χ4v) is 4.47. The second kappa shape index (κ2) is 12.9. The highest BCUT2D eigenvalue weighted by Crippen LogP contribution is 2.25. The molecule has 6 heteroatoms. The molecule has 36 heavy (non-hydrogen) atoms. The van der Waals surface area contributed by atoms with Gasteiger partial charge in [0.2, 0.25) is 11.8 Å². The van der Waals surface area contributed by atoms with Crippen molar-refractivity contribution in [3.05, 3.63) is 105 Å². The second-order valence-corrected chi connectivity index (χ2v) is 10.5. The molecule has 0 bridgehead atoms. The number of amides is 2. The zero-order valence-electron chi connectivity index (χ0n) is 21.4.